The van der Waals surface area contributed by atoms with Gasteiger partial charge in [0.2, 0.25) is 0 Å². The standard InChI is InChI=1S/4C5H12N.Sn/c4*1-5(2)3-4-6;/h4*5-6H,3-4H2,1-2H3;/q4*-1;+4. The SMILES string of the molecule is CC(C)CC[NH][Sn]([NH]CCC(C)C)([NH]CCC(C)C)[NH]CCC(C)C. The van der Waals surface area contributed by atoms with Gasteiger partial charge in [-0.3, -0.25) is 0 Å². The second-order valence-electron chi connectivity index (χ2n) is 9.19. The molecule has 0 rings (SSSR count). The van der Waals surface area contributed by atoms with Crippen LogP contribution < -0.4 is 14.2 Å². The molecule has 0 aliphatic carbocycles. The fraction of sp³-hybridized carbons (Fsp3) is 1.00. The van der Waals surface area contributed by atoms with Crippen LogP contribution in [0.3, 0.4) is 0 Å². The zero-order valence-corrected chi connectivity index (χ0v) is 21.3. The van der Waals surface area contributed by atoms with E-state index in [-0.39, 0.29) is 0 Å². The third-order valence-corrected chi connectivity index (χ3v) is 13.4. The van der Waals surface area contributed by atoms with Crippen LogP contribution in [0, 0.1) is 23.7 Å². The zero-order valence-electron chi connectivity index (χ0n) is 18.5. The summed E-state index contributed by atoms with van der Waals surface area (Å²) in [6.07, 6.45) is 4.95. The van der Waals surface area contributed by atoms with Gasteiger partial charge in [-0.15, -0.1) is 0 Å². The van der Waals surface area contributed by atoms with Gasteiger partial charge in [0.25, 0.3) is 0 Å². The number of rotatable bonds is 16. The minimum absolute atomic E-state index is 0.749. The van der Waals surface area contributed by atoms with Gasteiger partial charge in [-0.2, -0.15) is 0 Å². The summed E-state index contributed by atoms with van der Waals surface area (Å²) in [6.45, 7) is 22.9. The van der Waals surface area contributed by atoms with Crippen molar-refractivity contribution in [2.24, 2.45) is 23.7 Å². The van der Waals surface area contributed by atoms with Gasteiger partial charge < -0.3 is 0 Å². The summed E-state index contributed by atoms with van der Waals surface area (Å²) in [4.78, 5) is 0. The van der Waals surface area contributed by atoms with E-state index in [4.69, 9.17) is 0 Å². The van der Waals surface area contributed by atoms with Crippen molar-refractivity contribution in [1.29, 1.82) is 0 Å². The van der Waals surface area contributed by atoms with Gasteiger partial charge in [0, 0.05) is 0 Å². The van der Waals surface area contributed by atoms with Crippen molar-refractivity contribution in [3.63, 3.8) is 0 Å². The van der Waals surface area contributed by atoms with Crippen molar-refractivity contribution in [3.8, 4) is 0 Å². The molecule has 25 heavy (non-hydrogen) atoms. The molecule has 0 aromatic heterocycles. The molecule has 0 aromatic carbocycles. The monoisotopic (exact) mass is 464 g/mol. The topological polar surface area (TPSA) is 48.1 Å². The Kier molecular flexibility index (Phi) is 15.0. The molecule has 0 unspecified atom stereocenters. The molecule has 0 amide bonds. The molecule has 0 aliphatic heterocycles. The van der Waals surface area contributed by atoms with Crippen LogP contribution in [0.4, 0.5) is 0 Å². The first-order valence-corrected chi connectivity index (χ1v) is 16.4. The van der Waals surface area contributed by atoms with Crippen molar-refractivity contribution >= 4 is 19.5 Å². The van der Waals surface area contributed by atoms with Gasteiger partial charge in [-0.05, 0) is 0 Å². The van der Waals surface area contributed by atoms with Crippen LogP contribution in [0.15, 0.2) is 0 Å². The van der Waals surface area contributed by atoms with E-state index in [1.165, 1.54) is 25.7 Å². The van der Waals surface area contributed by atoms with Crippen LogP contribution in [0.5, 0.6) is 0 Å². The molecule has 5 heteroatoms. The Morgan fingerprint density at radius 2 is 0.640 bits per heavy atom. The van der Waals surface area contributed by atoms with E-state index < -0.39 is 19.5 Å². The summed E-state index contributed by atoms with van der Waals surface area (Å²) in [6, 6.07) is 0. The fourth-order valence-electron chi connectivity index (χ4n) is 2.57. The van der Waals surface area contributed by atoms with Gasteiger partial charge in [-0.1, -0.05) is 0 Å². The molecule has 4 nitrogen and oxygen atoms in total. The second kappa shape index (κ2) is 14.7. The normalized spacial score (nSPS) is 13.0. The van der Waals surface area contributed by atoms with E-state index >= 15 is 0 Å². The average molecular weight is 463 g/mol. The molecule has 0 atom stereocenters. The van der Waals surface area contributed by atoms with Gasteiger partial charge >= 0.3 is 165 Å². The molecule has 0 aromatic rings. The molecule has 0 saturated carbocycles. The van der Waals surface area contributed by atoms with Crippen LogP contribution in [-0.2, 0) is 0 Å². The van der Waals surface area contributed by atoms with E-state index in [9.17, 15) is 0 Å². The Morgan fingerprint density at radius 1 is 0.440 bits per heavy atom. The average Bonchev–Trinajstić information content (AvgIpc) is 2.45. The predicted molar refractivity (Wildman–Crippen MR) is 116 cm³/mol. The molecule has 0 bridgehead atoms. The van der Waals surface area contributed by atoms with Crippen LogP contribution in [0.1, 0.15) is 81.1 Å². The van der Waals surface area contributed by atoms with Gasteiger partial charge in [-0.25, -0.2) is 0 Å². The van der Waals surface area contributed by atoms with E-state index in [1.54, 1.807) is 0 Å². The van der Waals surface area contributed by atoms with Crippen molar-refractivity contribution in [2.75, 3.05) is 26.2 Å². The molecule has 0 fully saturated rings. The molecule has 0 radical (unpaired) electrons. The van der Waals surface area contributed by atoms with E-state index in [0.29, 0.717) is 0 Å². The first kappa shape index (κ1) is 25.6. The van der Waals surface area contributed by atoms with Crippen molar-refractivity contribution in [2.45, 2.75) is 81.1 Å². The summed E-state index contributed by atoms with van der Waals surface area (Å²) in [5, 5.41) is 0. The quantitative estimate of drug-likeness (QED) is 0.262. The molecule has 0 spiro atoms. The van der Waals surface area contributed by atoms with Gasteiger partial charge in [0.15, 0.2) is 0 Å². The zero-order chi connectivity index (χ0) is 19.3. The third-order valence-electron chi connectivity index (χ3n) is 4.45. The van der Waals surface area contributed by atoms with Crippen molar-refractivity contribution < 1.29 is 0 Å². The maximum atomic E-state index is 3.96. The molecule has 0 saturated heterocycles. The Hall–Kier alpha value is 0.639. The molecule has 0 heterocycles. The molecular formula is C20H48N4Sn. The van der Waals surface area contributed by atoms with Crippen LogP contribution in [0.25, 0.3) is 0 Å². The van der Waals surface area contributed by atoms with Crippen LogP contribution in [0.2, 0.25) is 0 Å². The van der Waals surface area contributed by atoms with Crippen LogP contribution in [-0.4, -0.2) is 45.6 Å². The summed E-state index contributed by atoms with van der Waals surface area (Å²) in [5.41, 5.74) is 0. The summed E-state index contributed by atoms with van der Waals surface area (Å²) < 4.78 is 15.8. The summed E-state index contributed by atoms with van der Waals surface area (Å²) in [5.74, 6) is 2.99. The first-order valence-electron chi connectivity index (χ1n) is 10.7. The van der Waals surface area contributed by atoms with Crippen molar-refractivity contribution in [1.82, 2.24) is 14.2 Å². The number of hydrogen-bond donors (Lipinski definition) is 4. The predicted octanol–water partition coefficient (Wildman–Crippen LogP) is 3.96. The summed E-state index contributed by atoms with van der Waals surface area (Å²) >= 11 is -2.94. The van der Waals surface area contributed by atoms with E-state index in [2.05, 4.69) is 69.5 Å². The molecule has 152 valence electrons. The van der Waals surface area contributed by atoms with Gasteiger partial charge in [0.05, 0.1) is 0 Å². The Balaban J connectivity index is 4.85. The second-order valence-corrected chi connectivity index (χ2v) is 17.5. The van der Waals surface area contributed by atoms with Crippen LogP contribution >= 0.6 is 0 Å². The number of hydrogen-bond acceptors (Lipinski definition) is 4. The third kappa shape index (κ3) is 15.4. The minimum atomic E-state index is -2.94. The molecular weight excluding hydrogens is 415 g/mol. The molecule has 0 aliphatic rings. The maximum absolute atomic E-state index is 3.96. The van der Waals surface area contributed by atoms with Crippen molar-refractivity contribution in [3.05, 3.63) is 0 Å². The number of nitrogens with one attached hydrogen (secondary N) is 4. The first-order chi connectivity index (χ1) is 11.7. The molecule has 4 N–H and O–H groups in total. The Labute approximate surface area is 164 Å². The van der Waals surface area contributed by atoms with E-state index in [0.717, 1.165) is 49.9 Å². The summed E-state index contributed by atoms with van der Waals surface area (Å²) in [7, 11) is 0. The fourth-order valence-corrected chi connectivity index (χ4v) is 10.6. The Morgan fingerprint density at radius 3 is 0.800 bits per heavy atom. The Bertz CT molecular complexity index is 245. The van der Waals surface area contributed by atoms with E-state index in [1.807, 2.05) is 0 Å². The van der Waals surface area contributed by atoms with Gasteiger partial charge in [0.1, 0.15) is 0 Å².